The first-order valence-corrected chi connectivity index (χ1v) is 6.39. The molecule has 1 heterocycles. The number of aryl methyl sites for hydroxylation is 1. The van der Waals surface area contributed by atoms with Crippen LogP contribution in [0.5, 0.6) is 0 Å². The number of hydrogen-bond donors (Lipinski definition) is 1. The van der Waals surface area contributed by atoms with E-state index in [1.807, 2.05) is 6.07 Å². The van der Waals surface area contributed by atoms with Gasteiger partial charge >= 0.3 is 0 Å². The molecule has 0 fully saturated rings. The molecule has 0 bridgehead atoms. The van der Waals surface area contributed by atoms with E-state index < -0.39 is 0 Å². The highest BCUT2D eigenvalue weighted by atomic mass is 35.5. The van der Waals surface area contributed by atoms with E-state index in [1.165, 1.54) is 12.0 Å². The number of unbranched alkanes of at least 4 members (excludes halogenated alkanes) is 1. The summed E-state index contributed by atoms with van der Waals surface area (Å²) in [5.41, 5.74) is 2.97. The van der Waals surface area contributed by atoms with Gasteiger partial charge in [0.05, 0.1) is 16.4 Å². The van der Waals surface area contributed by atoms with Crippen molar-refractivity contribution in [3.8, 4) is 0 Å². The molecule has 0 amide bonds. The highest BCUT2D eigenvalue weighted by molar-refractivity contribution is 6.35. The normalized spacial score (nSPS) is 11.2. The minimum atomic E-state index is 0.384. The number of halogens is 2. The number of H-pyrrole nitrogens is 1. The third kappa shape index (κ3) is 2.18. The maximum atomic E-state index is 6.32. The van der Waals surface area contributed by atoms with Crippen LogP contribution in [-0.4, -0.2) is 9.97 Å². The van der Waals surface area contributed by atoms with Gasteiger partial charge in [0.15, 0.2) is 0 Å². The van der Waals surface area contributed by atoms with Gasteiger partial charge < -0.3 is 4.98 Å². The van der Waals surface area contributed by atoms with Crippen LogP contribution in [-0.2, 0) is 12.3 Å². The standard InChI is InChI=1S/C12H14Cl2N2/c1-2-3-4-8-5-6-9-12(11(8)14)16-10(7-13)15-9/h5-6H,2-4,7H2,1H3,(H,15,16). The molecule has 0 saturated heterocycles. The number of hydrogen-bond acceptors (Lipinski definition) is 1. The number of imidazole rings is 1. The van der Waals surface area contributed by atoms with Gasteiger partial charge in [-0.15, -0.1) is 11.6 Å². The lowest BCUT2D eigenvalue weighted by Gasteiger charge is -2.03. The molecule has 0 spiro atoms. The quantitative estimate of drug-likeness (QED) is 0.813. The van der Waals surface area contributed by atoms with Crippen LogP contribution in [0.15, 0.2) is 12.1 Å². The molecule has 0 aliphatic rings. The van der Waals surface area contributed by atoms with Gasteiger partial charge in [0.25, 0.3) is 0 Å². The van der Waals surface area contributed by atoms with E-state index in [9.17, 15) is 0 Å². The van der Waals surface area contributed by atoms with E-state index in [2.05, 4.69) is 23.0 Å². The Hall–Kier alpha value is -0.730. The minimum absolute atomic E-state index is 0.384. The summed E-state index contributed by atoms with van der Waals surface area (Å²) in [6.45, 7) is 2.17. The number of benzene rings is 1. The van der Waals surface area contributed by atoms with Crippen LogP contribution in [0.2, 0.25) is 5.02 Å². The second-order valence-electron chi connectivity index (χ2n) is 3.86. The van der Waals surface area contributed by atoms with Crippen molar-refractivity contribution >= 4 is 34.2 Å². The number of aromatic nitrogens is 2. The highest BCUT2D eigenvalue weighted by Gasteiger charge is 2.09. The Morgan fingerprint density at radius 3 is 2.88 bits per heavy atom. The first kappa shape index (κ1) is 11.7. The van der Waals surface area contributed by atoms with Crippen molar-refractivity contribution in [1.29, 1.82) is 0 Å². The molecule has 0 aliphatic heterocycles. The Morgan fingerprint density at radius 2 is 2.19 bits per heavy atom. The lowest BCUT2D eigenvalue weighted by Crippen LogP contribution is -1.87. The maximum Gasteiger partial charge on any atom is 0.122 e. The largest absolute Gasteiger partial charge is 0.341 e. The molecule has 0 unspecified atom stereocenters. The highest BCUT2D eigenvalue weighted by Crippen LogP contribution is 2.27. The summed E-state index contributed by atoms with van der Waals surface area (Å²) in [5, 5.41) is 0.763. The van der Waals surface area contributed by atoms with Crippen molar-refractivity contribution in [1.82, 2.24) is 9.97 Å². The van der Waals surface area contributed by atoms with Crippen LogP contribution in [0.4, 0.5) is 0 Å². The van der Waals surface area contributed by atoms with Gasteiger partial charge in [0.1, 0.15) is 11.3 Å². The Bertz CT molecular complexity index is 491. The van der Waals surface area contributed by atoms with Crippen molar-refractivity contribution < 1.29 is 0 Å². The molecule has 1 aromatic heterocycles. The summed E-state index contributed by atoms with van der Waals surface area (Å²) < 4.78 is 0. The van der Waals surface area contributed by atoms with Crippen LogP contribution >= 0.6 is 23.2 Å². The number of aromatic amines is 1. The number of nitrogens with zero attached hydrogens (tertiary/aromatic N) is 1. The predicted molar refractivity (Wildman–Crippen MR) is 69.3 cm³/mol. The van der Waals surface area contributed by atoms with E-state index >= 15 is 0 Å². The maximum absolute atomic E-state index is 6.32. The van der Waals surface area contributed by atoms with Crippen LogP contribution < -0.4 is 0 Å². The number of fused-ring (bicyclic) bond motifs is 1. The van der Waals surface area contributed by atoms with Gasteiger partial charge in [-0.1, -0.05) is 31.0 Å². The molecule has 0 saturated carbocycles. The first-order valence-electron chi connectivity index (χ1n) is 5.48. The Labute approximate surface area is 105 Å². The predicted octanol–water partition coefficient (Wildman–Crippen LogP) is 4.30. The van der Waals surface area contributed by atoms with Crippen LogP contribution in [0.25, 0.3) is 11.0 Å². The minimum Gasteiger partial charge on any atom is -0.341 e. The molecule has 16 heavy (non-hydrogen) atoms. The van der Waals surface area contributed by atoms with E-state index in [1.54, 1.807) is 0 Å². The zero-order valence-electron chi connectivity index (χ0n) is 9.19. The first-order chi connectivity index (χ1) is 7.76. The van der Waals surface area contributed by atoms with Gasteiger partial charge in [-0.3, -0.25) is 0 Å². The molecule has 4 heteroatoms. The van der Waals surface area contributed by atoms with E-state index in [0.717, 1.165) is 34.7 Å². The van der Waals surface area contributed by atoms with E-state index in [0.29, 0.717) is 5.88 Å². The summed E-state index contributed by atoms with van der Waals surface area (Å²) in [6, 6.07) is 4.09. The second-order valence-corrected chi connectivity index (χ2v) is 4.50. The number of alkyl halides is 1. The second kappa shape index (κ2) is 5.07. The van der Waals surface area contributed by atoms with Gasteiger partial charge in [0.2, 0.25) is 0 Å². The van der Waals surface area contributed by atoms with Gasteiger partial charge in [-0.2, -0.15) is 0 Å². The monoisotopic (exact) mass is 256 g/mol. The average molecular weight is 257 g/mol. The molecule has 0 radical (unpaired) electrons. The molecule has 0 aliphatic carbocycles. The number of nitrogens with one attached hydrogen (secondary N) is 1. The van der Waals surface area contributed by atoms with Gasteiger partial charge in [0, 0.05) is 0 Å². The van der Waals surface area contributed by atoms with Crippen LogP contribution in [0.1, 0.15) is 31.2 Å². The van der Waals surface area contributed by atoms with Crippen molar-refractivity contribution in [3.05, 3.63) is 28.5 Å². The molecular formula is C12H14Cl2N2. The van der Waals surface area contributed by atoms with Gasteiger partial charge in [-0.25, -0.2) is 4.98 Å². The Balaban J connectivity index is 2.42. The third-order valence-electron chi connectivity index (χ3n) is 2.65. The number of rotatable bonds is 4. The molecule has 2 aromatic rings. The third-order valence-corrected chi connectivity index (χ3v) is 3.32. The SMILES string of the molecule is CCCCc1ccc2[nH]c(CCl)nc2c1Cl. The summed E-state index contributed by atoms with van der Waals surface area (Å²) in [5.74, 6) is 1.15. The fourth-order valence-corrected chi connectivity index (χ4v) is 2.19. The summed E-state index contributed by atoms with van der Waals surface area (Å²) in [7, 11) is 0. The zero-order chi connectivity index (χ0) is 11.5. The molecule has 0 atom stereocenters. The van der Waals surface area contributed by atoms with E-state index in [4.69, 9.17) is 23.2 Å². The van der Waals surface area contributed by atoms with Crippen LogP contribution in [0.3, 0.4) is 0 Å². The molecule has 2 nitrogen and oxygen atoms in total. The fourth-order valence-electron chi connectivity index (χ4n) is 1.76. The lowest BCUT2D eigenvalue weighted by molar-refractivity contribution is 0.796. The summed E-state index contributed by atoms with van der Waals surface area (Å²) in [4.78, 5) is 7.52. The summed E-state index contributed by atoms with van der Waals surface area (Å²) >= 11 is 12.1. The van der Waals surface area contributed by atoms with Crippen molar-refractivity contribution in [2.75, 3.05) is 0 Å². The van der Waals surface area contributed by atoms with Crippen molar-refractivity contribution in [3.63, 3.8) is 0 Å². The Morgan fingerprint density at radius 1 is 1.38 bits per heavy atom. The van der Waals surface area contributed by atoms with Crippen molar-refractivity contribution in [2.45, 2.75) is 32.1 Å². The lowest BCUT2D eigenvalue weighted by atomic mass is 10.1. The molecule has 1 aromatic carbocycles. The smallest absolute Gasteiger partial charge is 0.122 e. The van der Waals surface area contributed by atoms with E-state index in [-0.39, 0.29) is 0 Å². The average Bonchev–Trinajstić information content (AvgIpc) is 2.72. The molecule has 2 rings (SSSR count). The summed E-state index contributed by atoms with van der Waals surface area (Å²) in [6.07, 6.45) is 3.33. The molecule has 86 valence electrons. The fraction of sp³-hybridized carbons (Fsp3) is 0.417. The molecular weight excluding hydrogens is 243 g/mol. The van der Waals surface area contributed by atoms with Crippen LogP contribution in [0, 0.1) is 0 Å². The topological polar surface area (TPSA) is 28.7 Å². The molecule has 1 N–H and O–H groups in total. The Kier molecular flexibility index (Phi) is 3.72. The zero-order valence-corrected chi connectivity index (χ0v) is 10.7. The van der Waals surface area contributed by atoms with Crippen molar-refractivity contribution in [2.24, 2.45) is 0 Å². The van der Waals surface area contributed by atoms with Gasteiger partial charge in [-0.05, 0) is 24.5 Å².